The van der Waals surface area contributed by atoms with Crippen molar-refractivity contribution in [2.45, 2.75) is 37.8 Å². The largest absolute Gasteiger partial charge is 0.476 e. The van der Waals surface area contributed by atoms with Crippen molar-refractivity contribution in [1.29, 1.82) is 0 Å². The number of ether oxygens (including phenoxy) is 1. The van der Waals surface area contributed by atoms with Crippen LogP contribution in [0.1, 0.15) is 53.2 Å². The summed E-state index contributed by atoms with van der Waals surface area (Å²) in [5, 5.41) is 8.30. The van der Waals surface area contributed by atoms with Gasteiger partial charge in [-0.2, -0.15) is 18.3 Å². The molecule has 1 aromatic heterocycles. The zero-order valence-corrected chi connectivity index (χ0v) is 15.9. The number of alkyl halides is 3. The summed E-state index contributed by atoms with van der Waals surface area (Å²) in [6, 6.07) is 8.38. The fourth-order valence-electron chi connectivity index (χ4n) is 3.52. The molecule has 0 spiro atoms. The molecule has 1 saturated heterocycles. The number of rotatable bonds is 5. The number of benzene rings is 1. The van der Waals surface area contributed by atoms with Gasteiger partial charge < -0.3 is 9.64 Å². The van der Waals surface area contributed by atoms with Crippen LogP contribution in [-0.4, -0.2) is 40.7 Å². The molecule has 4 rings (SSSR count). The number of carbonyl (C=O) groups is 1. The molecular weight excluding hydrogens is 383 g/mol. The van der Waals surface area contributed by atoms with Crippen LogP contribution in [-0.2, 0) is 6.18 Å². The molecule has 29 heavy (non-hydrogen) atoms. The SMILES string of the molecule is O=C(c1cccc(C(F)(F)F)c1)N1CCC(COc2ccc(C3CC3)nn2)CC1. The Balaban J connectivity index is 1.27. The van der Waals surface area contributed by atoms with Gasteiger partial charge in [-0.3, -0.25) is 4.79 Å². The van der Waals surface area contributed by atoms with Crippen LogP contribution in [0.4, 0.5) is 13.2 Å². The van der Waals surface area contributed by atoms with Crippen molar-refractivity contribution in [3.05, 3.63) is 53.2 Å². The second-order valence-electron chi connectivity index (χ2n) is 7.70. The van der Waals surface area contributed by atoms with Gasteiger partial charge in [-0.25, -0.2) is 0 Å². The molecule has 1 saturated carbocycles. The summed E-state index contributed by atoms with van der Waals surface area (Å²) in [4.78, 5) is 14.2. The second-order valence-corrected chi connectivity index (χ2v) is 7.70. The van der Waals surface area contributed by atoms with E-state index in [1.807, 2.05) is 12.1 Å². The average molecular weight is 405 g/mol. The van der Waals surface area contributed by atoms with E-state index in [2.05, 4.69) is 10.2 Å². The molecule has 0 unspecified atom stereocenters. The number of aromatic nitrogens is 2. The quantitative estimate of drug-likeness (QED) is 0.744. The molecular formula is C21H22F3N3O2. The Kier molecular flexibility index (Phi) is 5.43. The maximum atomic E-state index is 12.9. The normalized spacial score (nSPS) is 18.0. The smallest absolute Gasteiger partial charge is 0.416 e. The van der Waals surface area contributed by atoms with Crippen LogP contribution < -0.4 is 4.74 Å². The van der Waals surface area contributed by atoms with Crippen LogP contribution in [0.15, 0.2) is 36.4 Å². The number of amides is 1. The molecule has 154 valence electrons. The second kappa shape index (κ2) is 8.00. The molecule has 8 heteroatoms. The van der Waals surface area contributed by atoms with Crippen LogP contribution in [0.2, 0.25) is 0 Å². The van der Waals surface area contributed by atoms with Gasteiger partial charge in [0.2, 0.25) is 5.88 Å². The first-order valence-corrected chi connectivity index (χ1v) is 9.83. The predicted octanol–water partition coefficient (Wildman–Crippen LogP) is 4.30. The van der Waals surface area contributed by atoms with Crippen LogP contribution in [0.25, 0.3) is 0 Å². The minimum atomic E-state index is -4.46. The third-order valence-corrected chi connectivity index (χ3v) is 5.46. The van der Waals surface area contributed by atoms with Crippen molar-refractivity contribution in [2.75, 3.05) is 19.7 Å². The number of hydrogen-bond acceptors (Lipinski definition) is 4. The lowest BCUT2D eigenvalue weighted by atomic mass is 9.97. The van der Waals surface area contributed by atoms with Crippen LogP contribution in [0, 0.1) is 5.92 Å². The number of halogens is 3. The standard InChI is InChI=1S/C21H22F3N3O2/c22-21(23,24)17-3-1-2-16(12-17)20(28)27-10-8-14(9-11-27)13-29-19-7-6-18(25-26-19)15-4-5-15/h1-3,6-7,12,14-15H,4-5,8-11,13H2. The zero-order chi connectivity index (χ0) is 20.4. The minimum absolute atomic E-state index is 0.0700. The van der Waals surface area contributed by atoms with E-state index in [1.165, 1.54) is 25.0 Å². The molecule has 2 fully saturated rings. The molecule has 1 aliphatic carbocycles. The fourth-order valence-corrected chi connectivity index (χ4v) is 3.52. The van der Waals surface area contributed by atoms with E-state index in [1.54, 1.807) is 4.90 Å². The van der Waals surface area contributed by atoms with Crippen LogP contribution in [0.5, 0.6) is 5.88 Å². The lowest BCUT2D eigenvalue weighted by molar-refractivity contribution is -0.137. The van der Waals surface area contributed by atoms with Gasteiger partial charge in [-0.1, -0.05) is 6.07 Å². The van der Waals surface area contributed by atoms with E-state index < -0.39 is 11.7 Å². The van der Waals surface area contributed by atoms with Gasteiger partial charge in [-0.05, 0) is 55.9 Å². The van der Waals surface area contributed by atoms with E-state index in [-0.39, 0.29) is 17.4 Å². The molecule has 0 bridgehead atoms. The van der Waals surface area contributed by atoms with Crippen LogP contribution in [0.3, 0.4) is 0 Å². The maximum Gasteiger partial charge on any atom is 0.416 e. The Morgan fingerprint density at radius 3 is 2.45 bits per heavy atom. The Morgan fingerprint density at radius 1 is 1.07 bits per heavy atom. The van der Waals surface area contributed by atoms with Crippen molar-refractivity contribution in [2.24, 2.45) is 5.92 Å². The zero-order valence-electron chi connectivity index (χ0n) is 15.9. The molecule has 2 aromatic rings. The first-order valence-electron chi connectivity index (χ1n) is 9.83. The molecule has 1 aromatic carbocycles. The van der Waals surface area contributed by atoms with Gasteiger partial charge in [0, 0.05) is 30.6 Å². The first kappa shape index (κ1) is 19.7. The van der Waals surface area contributed by atoms with E-state index in [4.69, 9.17) is 4.74 Å². The third kappa shape index (κ3) is 4.86. The van der Waals surface area contributed by atoms with E-state index in [9.17, 15) is 18.0 Å². The number of piperidine rings is 1. The summed E-state index contributed by atoms with van der Waals surface area (Å²) in [6.07, 6.45) is -0.643. The highest BCUT2D eigenvalue weighted by Crippen LogP contribution is 2.38. The minimum Gasteiger partial charge on any atom is -0.476 e. The highest BCUT2D eigenvalue weighted by Gasteiger charge is 2.32. The van der Waals surface area contributed by atoms with E-state index >= 15 is 0 Å². The van der Waals surface area contributed by atoms with Gasteiger partial charge in [0.05, 0.1) is 17.9 Å². The van der Waals surface area contributed by atoms with Gasteiger partial charge in [-0.15, -0.1) is 5.10 Å². The van der Waals surface area contributed by atoms with Gasteiger partial charge >= 0.3 is 6.18 Å². The van der Waals surface area contributed by atoms with Crippen molar-refractivity contribution >= 4 is 5.91 Å². The lowest BCUT2D eigenvalue weighted by Gasteiger charge is -2.32. The maximum absolute atomic E-state index is 12.9. The van der Waals surface area contributed by atoms with Gasteiger partial charge in [0.1, 0.15) is 0 Å². The van der Waals surface area contributed by atoms with Crippen molar-refractivity contribution in [3.63, 3.8) is 0 Å². The highest BCUT2D eigenvalue weighted by atomic mass is 19.4. The molecule has 0 atom stereocenters. The number of likely N-dealkylation sites (tertiary alicyclic amines) is 1. The predicted molar refractivity (Wildman–Crippen MR) is 99.6 cm³/mol. The highest BCUT2D eigenvalue weighted by molar-refractivity contribution is 5.94. The summed E-state index contributed by atoms with van der Waals surface area (Å²) in [6.45, 7) is 1.48. The van der Waals surface area contributed by atoms with E-state index in [0.717, 1.165) is 30.7 Å². The van der Waals surface area contributed by atoms with Crippen LogP contribution >= 0.6 is 0 Å². The number of hydrogen-bond donors (Lipinski definition) is 0. The summed E-state index contributed by atoms with van der Waals surface area (Å²) < 4.78 is 44.3. The molecule has 0 radical (unpaired) electrons. The Morgan fingerprint density at radius 2 is 1.83 bits per heavy atom. The molecule has 5 nitrogen and oxygen atoms in total. The molecule has 2 heterocycles. The monoisotopic (exact) mass is 405 g/mol. The number of nitrogens with zero attached hydrogens (tertiary/aromatic N) is 3. The summed E-state index contributed by atoms with van der Waals surface area (Å²) in [7, 11) is 0. The first-order chi connectivity index (χ1) is 13.9. The van der Waals surface area contributed by atoms with E-state index in [0.29, 0.717) is 31.5 Å². The Bertz CT molecular complexity index is 858. The molecule has 0 N–H and O–H groups in total. The lowest BCUT2D eigenvalue weighted by Crippen LogP contribution is -2.39. The molecule has 2 aliphatic rings. The Labute approximate surface area is 166 Å². The number of carbonyl (C=O) groups excluding carboxylic acids is 1. The molecule has 1 aliphatic heterocycles. The van der Waals surface area contributed by atoms with Gasteiger partial charge in [0.15, 0.2) is 0 Å². The third-order valence-electron chi connectivity index (χ3n) is 5.46. The van der Waals surface area contributed by atoms with Gasteiger partial charge in [0.25, 0.3) is 5.91 Å². The van der Waals surface area contributed by atoms with Crippen molar-refractivity contribution in [3.8, 4) is 5.88 Å². The molecule has 1 amide bonds. The summed E-state index contributed by atoms with van der Waals surface area (Å²) in [5.41, 5.74) is 0.278. The fraction of sp³-hybridized carbons (Fsp3) is 0.476. The van der Waals surface area contributed by atoms with Crippen molar-refractivity contribution in [1.82, 2.24) is 15.1 Å². The topological polar surface area (TPSA) is 55.3 Å². The average Bonchev–Trinajstić information content (AvgIpc) is 3.57. The summed E-state index contributed by atoms with van der Waals surface area (Å²) >= 11 is 0. The van der Waals surface area contributed by atoms with Crippen molar-refractivity contribution < 1.29 is 22.7 Å². The summed E-state index contributed by atoms with van der Waals surface area (Å²) in [5.74, 6) is 0.953. The Hall–Kier alpha value is -2.64.